The summed E-state index contributed by atoms with van der Waals surface area (Å²) in [4.78, 5) is 2.27. The first kappa shape index (κ1) is 13.0. The van der Waals surface area contributed by atoms with Gasteiger partial charge in [-0.05, 0) is 37.0 Å². The lowest BCUT2D eigenvalue weighted by Gasteiger charge is -2.28. The molecule has 2 heteroatoms. The van der Waals surface area contributed by atoms with Crippen molar-refractivity contribution in [3.05, 3.63) is 29.3 Å². The molecule has 90 valence electrons. The number of hydrogen-bond donors (Lipinski definition) is 1. The van der Waals surface area contributed by atoms with E-state index >= 15 is 0 Å². The fourth-order valence-electron chi connectivity index (χ4n) is 1.76. The maximum absolute atomic E-state index is 5.72. The molecule has 1 unspecified atom stereocenters. The van der Waals surface area contributed by atoms with Gasteiger partial charge in [-0.25, -0.2) is 0 Å². The molecule has 0 radical (unpaired) electrons. The quantitative estimate of drug-likeness (QED) is 0.845. The largest absolute Gasteiger partial charge is 0.370 e. The van der Waals surface area contributed by atoms with Crippen molar-refractivity contribution < 1.29 is 0 Å². The molecule has 1 atom stereocenters. The summed E-state index contributed by atoms with van der Waals surface area (Å²) in [5.41, 5.74) is 9.71. The SMILES string of the molecule is Cc1ccc(C(C)C)cc1N(C)C(C)CN. The van der Waals surface area contributed by atoms with E-state index in [9.17, 15) is 0 Å². The van der Waals surface area contributed by atoms with Gasteiger partial charge in [-0.1, -0.05) is 26.0 Å². The van der Waals surface area contributed by atoms with Crippen molar-refractivity contribution in [1.82, 2.24) is 0 Å². The van der Waals surface area contributed by atoms with E-state index < -0.39 is 0 Å². The van der Waals surface area contributed by atoms with E-state index in [2.05, 4.69) is 57.8 Å². The molecule has 1 aromatic carbocycles. The van der Waals surface area contributed by atoms with Gasteiger partial charge < -0.3 is 10.6 Å². The van der Waals surface area contributed by atoms with Crippen LogP contribution in [0.5, 0.6) is 0 Å². The Hall–Kier alpha value is -1.02. The van der Waals surface area contributed by atoms with Gasteiger partial charge in [0.15, 0.2) is 0 Å². The van der Waals surface area contributed by atoms with Gasteiger partial charge in [0.2, 0.25) is 0 Å². The van der Waals surface area contributed by atoms with Gasteiger partial charge in [0.1, 0.15) is 0 Å². The first-order valence-electron chi connectivity index (χ1n) is 6.00. The van der Waals surface area contributed by atoms with Crippen LogP contribution in [0, 0.1) is 6.92 Å². The molecule has 2 N–H and O–H groups in total. The predicted molar refractivity (Wildman–Crippen MR) is 72.2 cm³/mol. The Bertz CT molecular complexity index is 345. The van der Waals surface area contributed by atoms with Crippen LogP contribution < -0.4 is 10.6 Å². The van der Waals surface area contributed by atoms with Crippen LogP contribution in [-0.2, 0) is 0 Å². The monoisotopic (exact) mass is 220 g/mol. The highest BCUT2D eigenvalue weighted by atomic mass is 15.1. The number of likely N-dealkylation sites (N-methyl/N-ethyl adjacent to an activating group) is 1. The third kappa shape index (κ3) is 2.76. The molecule has 2 nitrogen and oxygen atoms in total. The molecule has 0 aliphatic rings. The molecule has 0 saturated carbocycles. The van der Waals surface area contributed by atoms with Gasteiger partial charge in [-0.2, -0.15) is 0 Å². The number of nitrogens with two attached hydrogens (primary N) is 1. The van der Waals surface area contributed by atoms with Crippen LogP contribution in [-0.4, -0.2) is 19.6 Å². The molecule has 0 bridgehead atoms. The van der Waals surface area contributed by atoms with E-state index in [0.717, 1.165) is 0 Å². The Morgan fingerprint density at radius 2 is 1.88 bits per heavy atom. The molecular weight excluding hydrogens is 196 g/mol. The summed E-state index contributed by atoms with van der Waals surface area (Å²) in [6.07, 6.45) is 0. The zero-order valence-corrected chi connectivity index (χ0v) is 11.1. The van der Waals surface area contributed by atoms with Gasteiger partial charge in [-0.3, -0.25) is 0 Å². The van der Waals surface area contributed by atoms with Crippen molar-refractivity contribution in [3.63, 3.8) is 0 Å². The predicted octanol–water partition coefficient (Wildman–Crippen LogP) is 2.90. The second-order valence-electron chi connectivity index (χ2n) is 4.90. The highest BCUT2D eigenvalue weighted by molar-refractivity contribution is 5.55. The summed E-state index contributed by atoms with van der Waals surface area (Å²) in [6.45, 7) is 9.43. The molecule has 0 saturated heterocycles. The number of hydrogen-bond acceptors (Lipinski definition) is 2. The van der Waals surface area contributed by atoms with E-state index in [1.54, 1.807) is 0 Å². The van der Waals surface area contributed by atoms with Crippen LogP contribution >= 0.6 is 0 Å². The number of nitrogens with zero attached hydrogens (tertiary/aromatic N) is 1. The lowest BCUT2D eigenvalue weighted by molar-refractivity contribution is 0.693. The van der Waals surface area contributed by atoms with Crippen LogP contribution in [0.4, 0.5) is 5.69 Å². The third-order valence-electron chi connectivity index (χ3n) is 3.28. The van der Waals surface area contributed by atoms with E-state index in [1.165, 1.54) is 16.8 Å². The smallest absolute Gasteiger partial charge is 0.0399 e. The normalized spacial score (nSPS) is 12.9. The Morgan fingerprint density at radius 1 is 1.25 bits per heavy atom. The summed E-state index contributed by atoms with van der Waals surface area (Å²) < 4.78 is 0. The summed E-state index contributed by atoms with van der Waals surface area (Å²) in [6, 6.07) is 7.07. The van der Waals surface area contributed by atoms with Crippen LogP contribution in [0.25, 0.3) is 0 Å². The first-order chi connectivity index (χ1) is 7.47. The van der Waals surface area contributed by atoms with Crippen LogP contribution in [0.3, 0.4) is 0 Å². The molecule has 0 amide bonds. The van der Waals surface area contributed by atoms with Crippen LogP contribution in [0.1, 0.15) is 37.8 Å². The zero-order valence-electron chi connectivity index (χ0n) is 11.1. The van der Waals surface area contributed by atoms with Gasteiger partial charge in [0, 0.05) is 25.3 Å². The molecule has 1 aromatic rings. The van der Waals surface area contributed by atoms with Crippen molar-refractivity contribution in [2.45, 2.75) is 39.7 Å². The van der Waals surface area contributed by atoms with Gasteiger partial charge in [0.05, 0.1) is 0 Å². The van der Waals surface area contributed by atoms with Gasteiger partial charge in [-0.15, -0.1) is 0 Å². The highest BCUT2D eigenvalue weighted by Crippen LogP contribution is 2.25. The second kappa shape index (κ2) is 5.35. The van der Waals surface area contributed by atoms with E-state index in [4.69, 9.17) is 5.73 Å². The van der Waals surface area contributed by atoms with Crippen molar-refractivity contribution in [3.8, 4) is 0 Å². The van der Waals surface area contributed by atoms with Gasteiger partial charge in [0.25, 0.3) is 0 Å². The number of benzene rings is 1. The molecule has 0 heterocycles. The number of rotatable bonds is 4. The van der Waals surface area contributed by atoms with Crippen LogP contribution in [0.2, 0.25) is 0 Å². The van der Waals surface area contributed by atoms with Crippen molar-refractivity contribution in [1.29, 1.82) is 0 Å². The Kier molecular flexibility index (Phi) is 4.36. The van der Waals surface area contributed by atoms with E-state index in [0.29, 0.717) is 18.5 Å². The van der Waals surface area contributed by atoms with Crippen LogP contribution in [0.15, 0.2) is 18.2 Å². The van der Waals surface area contributed by atoms with Gasteiger partial charge >= 0.3 is 0 Å². The summed E-state index contributed by atoms with van der Waals surface area (Å²) in [5.74, 6) is 0.570. The average molecular weight is 220 g/mol. The summed E-state index contributed by atoms with van der Waals surface area (Å²) >= 11 is 0. The molecule has 0 spiro atoms. The molecule has 0 aliphatic heterocycles. The third-order valence-corrected chi connectivity index (χ3v) is 3.28. The lowest BCUT2D eigenvalue weighted by atomic mass is 10.00. The molecule has 0 aliphatic carbocycles. The molecule has 16 heavy (non-hydrogen) atoms. The van der Waals surface area contributed by atoms with E-state index in [1.807, 2.05) is 0 Å². The molecule has 0 aromatic heterocycles. The minimum absolute atomic E-state index is 0.376. The minimum atomic E-state index is 0.376. The molecule has 0 fully saturated rings. The Balaban J connectivity index is 3.06. The molecular formula is C14H24N2. The van der Waals surface area contributed by atoms with Crippen molar-refractivity contribution >= 4 is 5.69 Å². The Labute approximate surface area is 99.5 Å². The lowest BCUT2D eigenvalue weighted by Crippen LogP contribution is -2.35. The maximum Gasteiger partial charge on any atom is 0.0399 e. The number of aryl methyl sites for hydroxylation is 1. The summed E-state index contributed by atoms with van der Waals surface area (Å²) in [7, 11) is 2.12. The van der Waals surface area contributed by atoms with Crippen molar-refractivity contribution in [2.24, 2.45) is 5.73 Å². The fraction of sp³-hybridized carbons (Fsp3) is 0.571. The van der Waals surface area contributed by atoms with E-state index in [-0.39, 0.29) is 0 Å². The first-order valence-corrected chi connectivity index (χ1v) is 6.00. The standard InChI is InChI=1S/C14H24N2/c1-10(2)13-7-6-11(3)14(8-13)16(5)12(4)9-15/h6-8,10,12H,9,15H2,1-5H3. The Morgan fingerprint density at radius 3 is 2.38 bits per heavy atom. The molecule has 1 rings (SSSR count). The maximum atomic E-state index is 5.72. The van der Waals surface area contributed by atoms with Crippen molar-refractivity contribution in [2.75, 3.05) is 18.5 Å². The fourth-order valence-corrected chi connectivity index (χ4v) is 1.76. The second-order valence-corrected chi connectivity index (χ2v) is 4.90. The summed E-state index contributed by atoms with van der Waals surface area (Å²) in [5, 5.41) is 0. The zero-order chi connectivity index (χ0) is 12.3. The average Bonchev–Trinajstić information content (AvgIpc) is 2.27. The highest BCUT2D eigenvalue weighted by Gasteiger charge is 2.11. The topological polar surface area (TPSA) is 29.3 Å². The minimum Gasteiger partial charge on any atom is -0.370 e. The number of anilines is 1.